The molecule has 0 unspecified atom stereocenters. The molecule has 332 valence electrons. The Bertz CT molecular complexity index is 3740. The average Bonchev–Trinajstić information content (AvgIpc) is 3.97. The van der Waals surface area contributed by atoms with Crippen molar-refractivity contribution >= 4 is 60.8 Å². The van der Waals surface area contributed by atoms with Crippen LogP contribution in [0.1, 0.15) is 77.6 Å². The van der Waals surface area contributed by atoms with E-state index in [0.717, 1.165) is 61.3 Å². The second-order valence-corrected chi connectivity index (χ2v) is 21.4. The smallest absolute Gasteiger partial charge is 0.143 e. The van der Waals surface area contributed by atoms with Crippen LogP contribution in [0.4, 0.5) is 17.1 Å². The van der Waals surface area contributed by atoms with Gasteiger partial charge >= 0.3 is 0 Å². The molecule has 0 bridgehead atoms. The Morgan fingerprint density at radius 3 is 1.84 bits per heavy atom. The molecule has 2 heterocycles. The number of hydrogen-bond donors (Lipinski definition) is 0. The van der Waals surface area contributed by atoms with Gasteiger partial charge in [0.15, 0.2) is 0 Å². The first-order valence-electron chi connectivity index (χ1n) is 24.1. The third-order valence-corrected chi connectivity index (χ3v) is 14.7. The molecule has 11 aromatic rings. The summed E-state index contributed by atoms with van der Waals surface area (Å²) in [7, 11) is 0. The third kappa shape index (κ3) is 6.62. The van der Waals surface area contributed by atoms with E-state index >= 15 is 0 Å². The van der Waals surface area contributed by atoms with Gasteiger partial charge < -0.3 is 13.9 Å². The zero-order chi connectivity index (χ0) is 46.7. The molecule has 0 spiro atoms. The summed E-state index contributed by atoms with van der Waals surface area (Å²) in [5.41, 5.74) is 21.1. The number of para-hydroxylation sites is 3. The monoisotopic (exact) mass is 880 g/mol. The molecule has 0 saturated heterocycles. The van der Waals surface area contributed by atoms with Crippen molar-refractivity contribution in [2.45, 2.75) is 71.6 Å². The highest BCUT2D eigenvalue weighted by Gasteiger charge is 2.36. The molecule has 3 nitrogen and oxygen atoms in total. The summed E-state index contributed by atoms with van der Waals surface area (Å²) in [6.45, 7) is 18.6. The zero-order valence-corrected chi connectivity index (χ0v) is 40.3. The molecule has 0 N–H and O–H groups in total. The molecule has 0 saturated carbocycles. The van der Waals surface area contributed by atoms with E-state index in [2.05, 4.69) is 253 Å². The maximum atomic E-state index is 6.54. The van der Waals surface area contributed by atoms with E-state index in [1.807, 2.05) is 6.07 Å². The van der Waals surface area contributed by atoms with E-state index in [0.29, 0.717) is 0 Å². The Kier molecular flexibility index (Phi) is 9.34. The fourth-order valence-electron chi connectivity index (χ4n) is 11.0. The van der Waals surface area contributed by atoms with Gasteiger partial charge in [0.1, 0.15) is 11.2 Å². The van der Waals surface area contributed by atoms with Gasteiger partial charge in [0.2, 0.25) is 0 Å². The van der Waals surface area contributed by atoms with E-state index < -0.39 is 0 Å². The largest absolute Gasteiger partial charge is 0.455 e. The standard InChI is InChI=1S/C65H56N2O/c1-63(2,3)44-36-43(37-45(39-44)64(4,5)6)42-30-34-54-59(38-42)67(46-18-10-9-11-19-46)58-26-17-25-57(61(54)58)66(48-33-35-51-50-20-12-14-24-55(50)65(7,8)56(51)40-48)47-31-28-41(29-32-47)49-22-16-23-53-52-21-13-15-27-60(52)68-62(49)53/h9-40H,1-8H3. The minimum absolute atomic E-state index is 0.00588. The Hall–Kier alpha value is -7.62. The van der Waals surface area contributed by atoms with Crippen LogP contribution in [0.3, 0.4) is 0 Å². The molecule has 68 heavy (non-hydrogen) atoms. The van der Waals surface area contributed by atoms with Gasteiger partial charge in [0, 0.05) is 49.6 Å². The summed E-state index contributed by atoms with van der Waals surface area (Å²) in [5, 5.41) is 4.68. The highest BCUT2D eigenvalue weighted by Crippen LogP contribution is 2.52. The van der Waals surface area contributed by atoms with Gasteiger partial charge in [-0.1, -0.05) is 189 Å². The molecule has 1 aliphatic rings. The normalized spacial score (nSPS) is 13.4. The first-order valence-corrected chi connectivity index (χ1v) is 24.1. The van der Waals surface area contributed by atoms with Crippen molar-refractivity contribution in [2.24, 2.45) is 0 Å². The quantitative estimate of drug-likeness (QED) is 0.166. The van der Waals surface area contributed by atoms with Crippen molar-refractivity contribution < 1.29 is 4.42 Å². The molecule has 0 amide bonds. The molecule has 0 radical (unpaired) electrons. The van der Waals surface area contributed by atoms with Gasteiger partial charge in [0.25, 0.3) is 0 Å². The van der Waals surface area contributed by atoms with E-state index in [1.165, 1.54) is 60.8 Å². The number of nitrogens with zero attached hydrogens (tertiary/aromatic N) is 2. The predicted molar refractivity (Wildman–Crippen MR) is 289 cm³/mol. The SMILES string of the molecule is CC(C)(C)c1cc(-c2ccc3c4c(N(c5ccc(-c6cccc7c6oc6ccccc67)cc5)c5ccc6c(c5)C(C)(C)c5ccccc5-6)cccc4n(-c4ccccc4)c3c2)cc(C(C)(C)C)c1. The van der Waals surface area contributed by atoms with Crippen molar-refractivity contribution in [3.05, 3.63) is 216 Å². The predicted octanol–water partition coefficient (Wildman–Crippen LogP) is 18.4. The number of benzene rings is 9. The minimum Gasteiger partial charge on any atom is -0.455 e. The lowest BCUT2D eigenvalue weighted by molar-refractivity contribution is 0.569. The van der Waals surface area contributed by atoms with Crippen LogP contribution in [-0.4, -0.2) is 4.57 Å². The number of rotatable bonds is 6. The van der Waals surface area contributed by atoms with Crippen molar-refractivity contribution in [3.63, 3.8) is 0 Å². The second-order valence-electron chi connectivity index (χ2n) is 21.4. The first kappa shape index (κ1) is 41.8. The van der Waals surface area contributed by atoms with Gasteiger partial charge in [-0.3, -0.25) is 0 Å². The van der Waals surface area contributed by atoms with Crippen molar-refractivity contribution in [1.82, 2.24) is 4.57 Å². The van der Waals surface area contributed by atoms with Crippen LogP contribution in [0, 0.1) is 0 Å². The van der Waals surface area contributed by atoms with Gasteiger partial charge in [-0.15, -0.1) is 0 Å². The van der Waals surface area contributed by atoms with Gasteiger partial charge in [0.05, 0.1) is 16.7 Å². The van der Waals surface area contributed by atoms with E-state index in [-0.39, 0.29) is 16.2 Å². The van der Waals surface area contributed by atoms with Crippen LogP contribution in [0.25, 0.3) is 82.8 Å². The summed E-state index contributed by atoms with van der Waals surface area (Å²) in [6.07, 6.45) is 0. The molecule has 9 aromatic carbocycles. The number of fused-ring (bicyclic) bond motifs is 9. The molecule has 0 fully saturated rings. The van der Waals surface area contributed by atoms with Crippen LogP contribution in [0.2, 0.25) is 0 Å². The van der Waals surface area contributed by atoms with Crippen molar-refractivity contribution in [2.75, 3.05) is 4.90 Å². The highest BCUT2D eigenvalue weighted by atomic mass is 16.3. The lowest BCUT2D eigenvalue weighted by Gasteiger charge is -2.29. The summed E-state index contributed by atoms with van der Waals surface area (Å²) in [5.74, 6) is 0. The van der Waals surface area contributed by atoms with Gasteiger partial charge in [-0.2, -0.15) is 0 Å². The first-order chi connectivity index (χ1) is 32.7. The van der Waals surface area contributed by atoms with Crippen molar-refractivity contribution in [1.29, 1.82) is 0 Å². The van der Waals surface area contributed by atoms with E-state index in [1.54, 1.807) is 0 Å². The van der Waals surface area contributed by atoms with Gasteiger partial charge in [-0.05, 0) is 122 Å². The molecular formula is C65H56N2O. The van der Waals surface area contributed by atoms with Crippen LogP contribution in [0.5, 0.6) is 0 Å². The van der Waals surface area contributed by atoms with Crippen molar-refractivity contribution in [3.8, 4) is 39.1 Å². The molecule has 3 heteroatoms. The molecule has 0 aliphatic heterocycles. The Balaban J connectivity index is 1.09. The number of aromatic nitrogens is 1. The summed E-state index contributed by atoms with van der Waals surface area (Å²) in [4.78, 5) is 2.48. The Morgan fingerprint density at radius 1 is 0.441 bits per heavy atom. The number of anilines is 3. The fraction of sp³-hybridized carbons (Fsp3) is 0.169. The average molecular weight is 881 g/mol. The minimum atomic E-state index is -0.161. The van der Waals surface area contributed by atoms with Crippen LogP contribution >= 0.6 is 0 Å². The van der Waals surface area contributed by atoms with E-state index in [4.69, 9.17) is 4.42 Å². The third-order valence-electron chi connectivity index (χ3n) is 14.7. The maximum Gasteiger partial charge on any atom is 0.143 e. The second kappa shape index (κ2) is 15.2. The highest BCUT2D eigenvalue weighted by molar-refractivity contribution is 6.17. The molecular weight excluding hydrogens is 825 g/mol. The van der Waals surface area contributed by atoms with Gasteiger partial charge in [-0.25, -0.2) is 0 Å². The Morgan fingerprint density at radius 2 is 1.07 bits per heavy atom. The lowest BCUT2D eigenvalue weighted by atomic mass is 9.79. The number of furan rings is 1. The molecule has 1 aliphatic carbocycles. The van der Waals surface area contributed by atoms with Crippen LogP contribution < -0.4 is 4.90 Å². The summed E-state index contributed by atoms with van der Waals surface area (Å²) in [6, 6.07) is 72.0. The maximum absolute atomic E-state index is 6.54. The molecule has 0 atom stereocenters. The summed E-state index contributed by atoms with van der Waals surface area (Å²) >= 11 is 0. The summed E-state index contributed by atoms with van der Waals surface area (Å²) < 4.78 is 9.00. The zero-order valence-electron chi connectivity index (χ0n) is 40.3. The van der Waals surface area contributed by atoms with E-state index in [9.17, 15) is 0 Å². The molecule has 2 aromatic heterocycles. The number of hydrogen-bond acceptors (Lipinski definition) is 2. The van der Waals surface area contributed by atoms with Crippen LogP contribution in [0.15, 0.2) is 199 Å². The topological polar surface area (TPSA) is 21.3 Å². The molecule has 12 rings (SSSR count). The Labute approximate surface area is 399 Å². The van der Waals surface area contributed by atoms with Crippen LogP contribution in [-0.2, 0) is 16.2 Å². The lowest BCUT2D eigenvalue weighted by Crippen LogP contribution is -2.16. The fourth-order valence-corrected chi connectivity index (χ4v) is 11.0.